The van der Waals surface area contributed by atoms with Crippen molar-refractivity contribution in [1.82, 2.24) is 5.01 Å². The van der Waals surface area contributed by atoms with Crippen molar-refractivity contribution < 1.29 is 34.5 Å². The molecule has 0 aromatic carbocycles. The first kappa shape index (κ1) is 25.4. The molecule has 0 heterocycles. The Hall–Kier alpha value is -1.85. The molecule has 0 aliphatic carbocycles. The number of hydrogen-bond acceptors (Lipinski definition) is 7. The minimum atomic E-state index is -1.22. The van der Waals surface area contributed by atoms with Crippen LogP contribution in [0.15, 0.2) is 0 Å². The number of hydrazine groups is 1. The van der Waals surface area contributed by atoms with Gasteiger partial charge in [0.05, 0.1) is 0 Å². The molecule has 0 rings (SSSR count). The Morgan fingerprint density at radius 1 is 1.00 bits per heavy atom. The van der Waals surface area contributed by atoms with Gasteiger partial charge < -0.3 is 21.1 Å². The van der Waals surface area contributed by atoms with E-state index in [4.69, 9.17) is 26.9 Å². The molecule has 0 saturated heterocycles. The zero-order valence-electron chi connectivity index (χ0n) is 14.3. The fraction of sp³-hybridized carbons (Fsp3) is 0.714. The van der Waals surface area contributed by atoms with Crippen molar-refractivity contribution >= 4 is 36.4 Å². The molecule has 0 spiro atoms. The maximum absolute atomic E-state index is 11.4. The molecular weight excluding hydrogens is 354 g/mol. The Morgan fingerprint density at radius 3 is 1.76 bits per heavy atom. The molecule has 0 radical (unpaired) electrons. The topological polar surface area (TPSA) is 184 Å². The molecule has 0 aliphatic rings. The third-order valence-corrected chi connectivity index (χ3v) is 3.46. The lowest BCUT2D eigenvalue weighted by atomic mass is 10.1. The molecule has 0 fully saturated rings. The van der Waals surface area contributed by atoms with Gasteiger partial charge in [-0.25, -0.2) is 10.6 Å². The van der Waals surface area contributed by atoms with Gasteiger partial charge in [0.1, 0.15) is 6.04 Å². The fourth-order valence-electron chi connectivity index (χ4n) is 1.43. The average Bonchev–Trinajstić information content (AvgIpc) is 2.50. The Labute approximate surface area is 151 Å². The van der Waals surface area contributed by atoms with Gasteiger partial charge in [-0.15, -0.1) is 0 Å². The SMILES string of the molecule is CC(C)[C@H](N)C(=O)O.NN(C(=O)CCCCC(=O)O)[C@@H](CS)C(=O)O. The van der Waals surface area contributed by atoms with Gasteiger partial charge in [-0.05, 0) is 18.8 Å². The van der Waals surface area contributed by atoms with Gasteiger partial charge in [0.15, 0.2) is 6.04 Å². The van der Waals surface area contributed by atoms with Crippen molar-refractivity contribution in [3.63, 3.8) is 0 Å². The predicted octanol–water partition coefficient (Wildman–Crippen LogP) is -0.229. The number of carboxylic acid groups (broad SMARTS) is 3. The van der Waals surface area contributed by atoms with E-state index in [1.54, 1.807) is 13.8 Å². The Kier molecular flexibility index (Phi) is 13.7. The number of aliphatic carboxylic acids is 3. The minimum Gasteiger partial charge on any atom is -0.481 e. The van der Waals surface area contributed by atoms with Crippen molar-refractivity contribution in [2.24, 2.45) is 17.5 Å². The van der Waals surface area contributed by atoms with E-state index in [9.17, 15) is 19.2 Å². The van der Waals surface area contributed by atoms with Crippen LogP contribution in [0.3, 0.4) is 0 Å². The van der Waals surface area contributed by atoms with Crippen molar-refractivity contribution in [2.75, 3.05) is 5.75 Å². The Morgan fingerprint density at radius 2 is 1.48 bits per heavy atom. The lowest BCUT2D eigenvalue weighted by molar-refractivity contribution is -0.149. The van der Waals surface area contributed by atoms with Crippen molar-refractivity contribution in [3.8, 4) is 0 Å². The summed E-state index contributed by atoms with van der Waals surface area (Å²) in [5.41, 5.74) is 5.16. The Bertz CT molecular complexity index is 460. The molecule has 0 unspecified atom stereocenters. The number of amides is 1. The van der Waals surface area contributed by atoms with Crippen molar-refractivity contribution in [1.29, 1.82) is 0 Å². The minimum absolute atomic E-state index is 0.0208. The highest BCUT2D eigenvalue weighted by Crippen LogP contribution is 2.05. The number of nitrogens with zero attached hydrogens (tertiary/aromatic N) is 1. The molecule has 146 valence electrons. The van der Waals surface area contributed by atoms with Crippen LogP contribution >= 0.6 is 12.6 Å². The second-order valence-corrected chi connectivity index (χ2v) is 5.91. The van der Waals surface area contributed by atoms with Gasteiger partial charge in [0.2, 0.25) is 5.91 Å². The van der Waals surface area contributed by atoms with Crippen LogP contribution in [-0.4, -0.2) is 62.0 Å². The summed E-state index contributed by atoms with van der Waals surface area (Å²) < 4.78 is 0. The van der Waals surface area contributed by atoms with Gasteiger partial charge >= 0.3 is 17.9 Å². The molecule has 0 aromatic rings. The number of carboxylic acids is 3. The summed E-state index contributed by atoms with van der Waals surface area (Å²) in [4.78, 5) is 42.4. The molecule has 0 aliphatic heterocycles. The van der Waals surface area contributed by atoms with Crippen LogP contribution in [0, 0.1) is 5.92 Å². The molecule has 1 amide bonds. The third-order valence-electron chi connectivity index (χ3n) is 3.12. The van der Waals surface area contributed by atoms with E-state index < -0.39 is 35.9 Å². The molecular formula is C14H27N3O7S. The molecule has 2 atom stereocenters. The van der Waals surface area contributed by atoms with E-state index in [0.29, 0.717) is 17.9 Å². The van der Waals surface area contributed by atoms with E-state index >= 15 is 0 Å². The highest BCUT2D eigenvalue weighted by atomic mass is 32.1. The number of hydrogen-bond donors (Lipinski definition) is 6. The van der Waals surface area contributed by atoms with Gasteiger partial charge in [0, 0.05) is 18.6 Å². The van der Waals surface area contributed by atoms with Crippen LogP contribution in [-0.2, 0) is 19.2 Å². The third kappa shape index (κ3) is 12.2. The largest absolute Gasteiger partial charge is 0.481 e. The zero-order chi connectivity index (χ0) is 20.2. The van der Waals surface area contributed by atoms with Gasteiger partial charge in [-0.2, -0.15) is 12.6 Å². The van der Waals surface area contributed by atoms with E-state index in [2.05, 4.69) is 12.6 Å². The molecule has 11 heteroatoms. The number of nitrogens with two attached hydrogens (primary N) is 2. The number of carbonyl (C=O) groups is 4. The lowest BCUT2D eigenvalue weighted by Gasteiger charge is -2.22. The number of rotatable bonds is 10. The molecule has 25 heavy (non-hydrogen) atoms. The predicted molar refractivity (Wildman–Crippen MR) is 92.9 cm³/mol. The second kappa shape index (κ2) is 13.4. The quantitative estimate of drug-likeness (QED) is 0.0977. The van der Waals surface area contributed by atoms with Crippen molar-refractivity contribution in [2.45, 2.75) is 51.6 Å². The highest BCUT2D eigenvalue weighted by Gasteiger charge is 2.25. The number of carbonyl (C=O) groups excluding carboxylic acids is 1. The van der Waals surface area contributed by atoms with Crippen molar-refractivity contribution in [3.05, 3.63) is 0 Å². The van der Waals surface area contributed by atoms with Crippen LogP contribution < -0.4 is 11.6 Å². The normalized spacial score (nSPS) is 12.6. The van der Waals surface area contributed by atoms with Crippen LogP contribution in [0.2, 0.25) is 0 Å². The summed E-state index contributed by atoms with van der Waals surface area (Å²) in [5.74, 6) is 1.68. The lowest BCUT2D eigenvalue weighted by Crippen LogP contribution is -2.50. The maximum Gasteiger partial charge on any atom is 0.328 e. The van der Waals surface area contributed by atoms with Crippen LogP contribution in [0.4, 0.5) is 0 Å². The summed E-state index contributed by atoms with van der Waals surface area (Å²) in [5, 5.41) is 26.0. The molecule has 0 aromatic heterocycles. The molecule has 0 bridgehead atoms. The summed E-state index contributed by atoms with van der Waals surface area (Å²) in [7, 11) is 0. The fourth-order valence-corrected chi connectivity index (χ4v) is 1.76. The van der Waals surface area contributed by atoms with Gasteiger partial charge in [-0.3, -0.25) is 19.4 Å². The van der Waals surface area contributed by atoms with Crippen LogP contribution in [0.25, 0.3) is 0 Å². The maximum atomic E-state index is 11.4. The monoisotopic (exact) mass is 381 g/mol. The first-order chi connectivity index (χ1) is 11.4. The van der Waals surface area contributed by atoms with E-state index in [1.807, 2.05) is 0 Å². The van der Waals surface area contributed by atoms with Crippen LogP contribution in [0.5, 0.6) is 0 Å². The standard InChI is InChI=1S/C9H16N2O5S.C5H11NO2/c10-11(6(5-17)9(15)16)7(12)3-1-2-4-8(13)14;1-3(2)4(6)5(7)8/h6,17H,1-5,10H2,(H,13,14)(H,15,16);3-4H,6H2,1-2H3,(H,7,8)/t6-;4-/m00/s1. The molecule has 10 nitrogen and oxygen atoms in total. The second-order valence-electron chi connectivity index (χ2n) is 5.55. The summed E-state index contributed by atoms with van der Waals surface area (Å²) >= 11 is 3.79. The first-order valence-electron chi connectivity index (χ1n) is 7.56. The summed E-state index contributed by atoms with van der Waals surface area (Å²) in [6, 6.07) is -1.87. The number of unbranched alkanes of at least 4 members (excludes halogenated alkanes) is 1. The zero-order valence-corrected chi connectivity index (χ0v) is 15.2. The van der Waals surface area contributed by atoms with E-state index in [0.717, 1.165) is 0 Å². The summed E-state index contributed by atoms with van der Waals surface area (Å²) in [6.45, 7) is 3.55. The van der Waals surface area contributed by atoms with E-state index in [-0.39, 0.29) is 24.5 Å². The smallest absolute Gasteiger partial charge is 0.328 e. The number of thiol groups is 1. The van der Waals surface area contributed by atoms with Crippen LogP contribution in [0.1, 0.15) is 39.5 Å². The van der Waals surface area contributed by atoms with E-state index in [1.165, 1.54) is 0 Å². The Balaban J connectivity index is 0. The highest BCUT2D eigenvalue weighted by molar-refractivity contribution is 7.80. The molecule has 7 N–H and O–H groups in total. The van der Waals surface area contributed by atoms with Gasteiger partial charge in [-0.1, -0.05) is 13.8 Å². The molecule has 0 saturated carbocycles. The average molecular weight is 381 g/mol. The summed E-state index contributed by atoms with van der Waals surface area (Å²) in [6.07, 6.45) is 0.722. The van der Waals surface area contributed by atoms with Gasteiger partial charge in [0.25, 0.3) is 0 Å². The first-order valence-corrected chi connectivity index (χ1v) is 8.19.